The lowest BCUT2D eigenvalue weighted by Gasteiger charge is -2.19. The van der Waals surface area contributed by atoms with Crippen LogP contribution in [0.1, 0.15) is 96.8 Å². The molecule has 1 unspecified atom stereocenters. The fraction of sp³-hybridized carbons (Fsp3) is 0.905. The fourth-order valence-corrected chi connectivity index (χ4v) is 3.13. The smallest absolute Gasteiger partial charge is 0.303 e. The molecule has 1 atom stereocenters. The second-order valence-corrected chi connectivity index (χ2v) is 7.19. The summed E-state index contributed by atoms with van der Waals surface area (Å²) in [5.41, 5.74) is 0. The van der Waals surface area contributed by atoms with Gasteiger partial charge in [-0.15, -0.1) is 0 Å². The molecule has 0 radical (unpaired) electrons. The van der Waals surface area contributed by atoms with Crippen LogP contribution in [0.3, 0.4) is 0 Å². The van der Waals surface area contributed by atoms with Crippen molar-refractivity contribution in [3.8, 4) is 0 Å². The van der Waals surface area contributed by atoms with E-state index in [1.165, 1.54) is 0 Å². The average Bonchev–Trinajstić information content (AvgIpc) is 2.63. The van der Waals surface area contributed by atoms with Crippen LogP contribution in [0, 0.1) is 0 Å². The van der Waals surface area contributed by atoms with E-state index < -0.39 is 5.97 Å². The van der Waals surface area contributed by atoms with Crippen LogP contribution in [0.4, 0.5) is 0 Å². The molecule has 0 heterocycles. The van der Waals surface area contributed by atoms with Gasteiger partial charge in [0.15, 0.2) is 0 Å². The first-order valence-electron chi connectivity index (χ1n) is 10.8. The molecular weight excluding hydrogens is 346 g/mol. The van der Waals surface area contributed by atoms with Gasteiger partial charge >= 0.3 is 5.97 Å². The highest BCUT2D eigenvalue weighted by atomic mass is 16.5. The number of amides is 1. The Morgan fingerprint density at radius 1 is 0.852 bits per heavy atom. The minimum atomic E-state index is -0.719. The summed E-state index contributed by atoms with van der Waals surface area (Å²) in [6.45, 7) is 3.30. The van der Waals surface area contributed by atoms with E-state index in [1.807, 2.05) is 6.92 Å². The van der Waals surface area contributed by atoms with Crippen molar-refractivity contribution in [3.63, 3.8) is 0 Å². The maximum atomic E-state index is 12.1. The summed E-state index contributed by atoms with van der Waals surface area (Å²) in [4.78, 5) is 22.6. The number of hydrogen-bond acceptors (Lipinski definition) is 4. The number of carboxylic acid groups (broad SMARTS) is 1. The van der Waals surface area contributed by atoms with Gasteiger partial charge < -0.3 is 20.3 Å². The molecule has 160 valence electrons. The van der Waals surface area contributed by atoms with E-state index in [0.717, 1.165) is 77.0 Å². The Morgan fingerprint density at radius 2 is 1.41 bits per heavy atom. The number of carboxylic acids is 1. The monoisotopic (exact) mass is 387 g/mol. The zero-order valence-corrected chi connectivity index (χ0v) is 17.2. The number of aliphatic hydroxyl groups excluding tert-OH is 1. The molecule has 0 aromatic heterocycles. The van der Waals surface area contributed by atoms with Crippen LogP contribution in [-0.4, -0.2) is 48.0 Å². The van der Waals surface area contributed by atoms with Gasteiger partial charge in [-0.05, 0) is 32.6 Å². The molecule has 27 heavy (non-hydrogen) atoms. The van der Waals surface area contributed by atoms with E-state index in [9.17, 15) is 9.59 Å². The molecule has 0 aliphatic rings. The molecule has 0 saturated carbocycles. The van der Waals surface area contributed by atoms with Crippen molar-refractivity contribution < 1.29 is 24.5 Å². The van der Waals surface area contributed by atoms with E-state index in [4.69, 9.17) is 14.9 Å². The zero-order chi connectivity index (χ0) is 20.2. The third kappa shape index (κ3) is 19.4. The van der Waals surface area contributed by atoms with Crippen LogP contribution in [0.25, 0.3) is 0 Å². The van der Waals surface area contributed by atoms with Crippen molar-refractivity contribution in [1.29, 1.82) is 0 Å². The highest BCUT2D eigenvalue weighted by molar-refractivity contribution is 5.76. The molecule has 0 fully saturated rings. The van der Waals surface area contributed by atoms with Crippen molar-refractivity contribution >= 4 is 11.9 Å². The lowest BCUT2D eigenvalue weighted by molar-refractivity contribution is -0.137. The van der Waals surface area contributed by atoms with Crippen molar-refractivity contribution in [2.24, 2.45) is 0 Å². The number of unbranched alkanes of at least 4 members (excludes halogenated alkanes) is 8. The normalized spacial score (nSPS) is 12.1. The van der Waals surface area contributed by atoms with Crippen molar-refractivity contribution in [3.05, 3.63) is 0 Å². The Kier molecular flexibility index (Phi) is 18.8. The number of aliphatic carboxylic acids is 1. The molecule has 6 nitrogen and oxygen atoms in total. The molecule has 3 N–H and O–H groups in total. The van der Waals surface area contributed by atoms with E-state index in [2.05, 4.69) is 5.32 Å². The minimum absolute atomic E-state index is 0.0650. The second-order valence-electron chi connectivity index (χ2n) is 7.19. The highest BCUT2D eigenvalue weighted by Crippen LogP contribution is 2.14. The number of carbonyl (C=O) groups is 2. The molecule has 0 aromatic carbocycles. The Morgan fingerprint density at radius 3 is 1.96 bits per heavy atom. The zero-order valence-electron chi connectivity index (χ0n) is 17.2. The summed E-state index contributed by atoms with van der Waals surface area (Å²) < 4.78 is 5.25. The summed E-state index contributed by atoms with van der Waals surface area (Å²) >= 11 is 0. The van der Waals surface area contributed by atoms with Gasteiger partial charge in [-0.25, -0.2) is 0 Å². The summed E-state index contributed by atoms with van der Waals surface area (Å²) in [6.07, 6.45) is 12.9. The number of carbonyl (C=O) groups excluding carboxylic acids is 1. The Bertz CT molecular complexity index is 362. The molecule has 0 aromatic rings. The molecule has 0 aliphatic carbocycles. The molecule has 0 spiro atoms. The Hall–Kier alpha value is -1.14. The minimum Gasteiger partial charge on any atom is -0.481 e. The van der Waals surface area contributed by atoms with E-state index in [0.29, 0.717) is 19.6 Å². The predicted octanol–water partition coefficient (Wildman–Crippen LogP) is 4.05. The predicted molar refractivity (Wildman–Crippen MR) is 108 cm³/mol. The highest BCUT2D eigenvalue weighted by Gasteiger charge is 2.12. The average molecular weight is 388 g/mol. The van der Waals surface area contributed by atoms with Gasteiger partial charge in [0.1, 0.15) is 0 Å². The van der Waals surface area contributed by atoms with Gasteiger partial charge in [-0.1, -0.05) is 51.4 Å². The van der Waals surface area contributed by atoms with Gasteiger partial charge in [0.25, 0.3) is 0 Å². The summed E-state index contributed by atoms with van der Waals surface area (Å²) in [7, 11) is 0. The molecule has 1 amide bonds. The van der Waals surface area contributed by atoms with E-state index >= 15 is 0 Å². The maximum Gasteiger partial charge on any atom is 0.303 e. The van der Waals surface area contributed by atoms with Gasteiger partial charge in [0.2, 0.25) is 5.91 Å². The number of nitrogens with one attached hydrogen (secondary N) is 1. The van der Waals surface area contributed by atoms with Gasteiger partial charge in [0, 0.05) is 32.1 Å². The van der Waals surface area contributed by atoms with Crippen molar-refractivity contribution in [2.45, 2.75) is 103 Å². The quantitative estimate of drug-likeness (QED) is 0.274. The lowest BCUT2D eigenvalue weighted by atomic mass is 10.00. The van der Waals surface area contributed by atoms with Gasteiger partial charge in [-0.3, -0.25) is 9.59 Å². The third-order valence-corrected chi connectivity index (χ3v) is 4.70. The number of rotatable bonds is 20. The topological polar surface area (TPSA) is 95.9 Å². The molecule has 6 heteroatoms. The summed E-state index contributed by atoms with van der Waals surface area (Å²) in [5, 5.41) is 20.6. The molecule has 0 rings (SSSR count). The van der Waals surface area contributed by atoms with Crippen LogP contribution >= 0.6 is 0 Å². The number of aliphatic hydroxyl groups is 1. The molecule has 0 aliphatic heterocycles. The van der Waals surface area contributed by atoms with Crippen LogP contribution in [-0.2, 0) is 14.3 Å². The maximum absolute atomic E-state index is 12.1. The lowest BCUT2D eigenvalue weighted by Crippen LogP contribution is -2.35. The van der Waals surface area contributed by atoms with Crippen LogP contribution in [0.5, 0.6) is 0 Å². The summed E-state index contributed by atoms with van der Waals surface area (Å²) in [6, 6.07) is 0.219. The fourth-order valence-electron chi connectivity index (χ4n) is 3.13. The first-order valence-corrected chi connectivity index (χ1v) is 10.8. The van der Waals surface area contributed by atoms with Crippen LogP contribution < -0.4 is 5.32 Å². The SMILES string of the molecule is CCOCCC(=O)NC(CCCCCCCO)CCCCCCCC(=O)O. The van der Waals surface area contributed by atoms with Crippen molar-refractivity contribution in [2.75, 3.05) is 19.8 Å². The Balaban J connectivity index is 3.99. The number of ether oxygens (including phenoxy) is 1. The first kappa shape index (κ1) is 25.9. The molecule has 0 bridgehead atoms. The van der Waals surface area contributed by atoms with Crippen LogP contribution in [0.2, 0.25) is 0 Å². The van der Waals surface area contributed by atoms with E-state index in [1.54, 1.807) is 0 Å². The second kappa shape index (κ2) is 19.6. The van der Waals surface area contributed by atoms with Gasteiger partial charge in [0.05, 0.1) is 6.61 Å². The molecular formula is C21H41NO5. The van der Waals surface area contributed by atoms with Gasteiger partial charge in [-0.2, -0.15) is 0 Å². The summed E-state index contributed by atoms with van der Waals surface area (Å²) in [5.74, 6) is -0.654. The first-order chi connectivity index (χ1) is 13.1. The van der Waals surface area contributed by atoms with Crippen molar-refractivity contribution in [1.82, 2.24) is 5.32 Å². The largest absolute Gasteiger partial charge is 0.481 e. The number of hydrogen-bond donors (Lipinski definition) is 3. The standard InChI is InChI=1S/C21H41NO5/c1-2-27-18-16-20(24)22-19(14-10-6-4-8-12-17-23)13-9-5-3-7-11-15-21(25)26/h19,23H,2-18H2,1H3,(H,22,24)(H,25,26). The van der Waals surface area contributed by atoms with E-state index in [-0.39, 0.29) is 25.0 Å². The molecule has 0 saturated heterocycles. The van der Waals surface area contributed by atoms with Crippen LogP contribution in [0.15, 0.2) is 0 Å². The Labute approximate surface area is 165 Å². The third-order valence-electron chi connectivity index (χ3n) is 4.70.